The smallest absolute Gasteiger partial charge is 0.407 e. The van der Waals surface area contributed by atoms with Crippen molar-refractivity contribution in [1.29, 1.82) is 0 Å². The van der Waals surface area contributed by atoms with Gasteiger partial charge in [0.1, 0.15) is 17.3 Å². The summed E-state index contributed by atoms with van der Waals surface area (Å²) in [5.74, 6) is -10.3. The fraction of sp³-hybridized carbons (Fsp3) is 0.458. The van der Waals surface area contributed by atoms with Crippen LogP contribution in [0, 0.1) is 29.2 Å². The number of piperidine rings is 1. The van der Waals surface area contributed by atoms with Crippen molar-refractivity contribution in [2.75, 3.05) is 69.2 Å². The average molecular weight is 982 g/mol. The summed E-state index contributed by atoms with van der Waals surface area (Å²) < 4.78 is 68.8. The van der Waals surface area contributed by atoms with E-state index < -0.39 is 64.9 Å². The zero-order chi connectivity index (χ0) is 51.0. The number of hydrogen-bond donors (Lipinski definition) is 5. The summed E-state index contributed by atoms with van der Waals surface area (Å²) in [5.41, 5.74) is 7.99. The number of halogens is 4. The van der Waals surface area contributed by atoms with Gasteiger partial charge in [-0.3, -0.25) is 24.0 Å². The SMILES string of the molecule is CCCN(CCCNC(=O)OC(C)(C)C)C(=O)C1=Cc2ccc(C(=O)Nc3ccc(N4CCC(C(=O)NCCNC(=O)CCOCCC(=O)Oc5c(F)c(F)cc(F)c5F)CC4)nc3)cc2N=C(N)C1. The largest absolute Gasteiger partial charge is 0.444 e. The van der Waals surface area contributed by atoms with Crippen LogP contribution in [0.2, 0.25) is 0 Å². The highest BCUT2D eigenvalue weighted by atomic mass is 19.2. The summed E-state index contributed by atoms with van der Waals surface area (Å²) in [6.45, 7) is 9.65. The molecule has 70 heavy (non-hydrogen) atoms. The van der Waals surface area contributed by atoms with Crippen LogP contribution in [0.25, 0.3) is 6.08 Å². The van der Waals surface area contributed by atoms with Gasteiger partial charge < -0.3 is 51.0 Å². The number of amidine groups is 1. The second kappa shape index (κ2) is 25.5. The van der Waals surface area contributed by atoms with Gasteiger partial charge >= 0.3 is 12.1 Å². The number of carbonyl (C=O) groups excluding carboxylic acids is 6. The Bertz CT molecular complexity index is 2410. The maximum atomic E-state index is 13.7. The first-order valence-electron chi connectivity index (χ1n) is 22.9. The molecule has 2 aromatic carbocycles. The van der Waals surface area contributed by atoms with Gasteiger partial charge in [-0.25, -0.2) is 23.6 Å². The number of amides is 5. The van der Waals surface area contributed by atoms with Crippen LogP contribution in [0.1, 0.15) is 88.6 Å². The van der Waals surface area contributed by atoms with Crippen LogP contribution in [-0.2, 0) is 28.7 Å². The molecule has 3 aromatic rings. The molecule has 3 heterocycles. The predicted molar refractivity (Wildman–Crippen MR) is 251 cm³/mol. The van der Waals surface area contributed by atoms with Crippen molar-refractivity contribution >= 4 is 64.8 Å². The minimum Gasteiger partial charge on any atom is -0.444 e. The number of pyridine rings is 1. The first-order valence-corrected chi connectivity index (χ1v) is 22.9. The van der Waals surface area contributed by atoms with Crippen molar-refractivity contribution in [1.82, 2.24) is 25.8 Å². The molecule has 0 unspecified atom stereocenters. The number of rotatable bonds is 21. The van der Waals surface area contributed by atoms with Gasteiger partial charge in [-0.05, 0) is 76.8 Å². The molecule has 18 nitrogen and oxygen atoms in total. The number of nitrogens with zero attached hydrogens (tertiary/aromatic N) is 4. The topological polar surface area (TPSA) is 236 Å². The highest BCUT2D eigenvalue weighted by Crippen LogP contribution is 2.30. The van der Waals surface area contributed by atoms with Crippen molar-refractivity contribution < 1.29 is 60.5 Å². The van der Waals surface area contributed by atoms with Crippen molar-refractivity contribution in [3.05, 3.63) is 82.6 Å². The number of benzene rings is 2. The van der Waals surface area contributed by atoms with Crippen LogP contribution < -0.4 is 36.6 Å². The van der Waals surface area contributed by atoms with Crippen LogP contribution in [0.15, 0.2) is 53.2 Å². The molecular weight excluding hydrogens is 923 g/mol. The normalized spacial score (nSPS) is 13.7. The maximum absolute atomic E-state index is 13.7. The molecule has 0 saturated carbocycles. The summed E-state index contributed by atoms with van der Waals surface area (Å²) in [5, 5.41) is 11.0. The van der Waals surface area contributed by atoms with Crippen LogP contribution in [0.5, 0.6) is 5.75 Å². The van der Waals surface area contributed by atoms with Crippen LogP contribution in [0.3, 0.4) is 0 Å². The standard InChI is InChI=1S/C48H59F4N9O9/c1-5-18-61(19-6-15-56-47(67)70-48(2,3)4)46(66)32-24-30-7-8-31(25-36(30)59-37(53)26-32)45(65)58-33-9-10-38(57-28-33)60-20-11-29(12-21-60)44(64)55-17-16-54-39(62)13-22-68-23-14-40(63)69-43-41(51)34(49)27-35(50)42(43)52/h7-10,24-25,27-29H,5-6,11-23,26H2,1-4H3,(H2,53,59)(H,54,62)(H,55,64)(H,56,67)(H,58,65). The molecule has 0 aliphatic carbocycles. The Balaban J connectivity index is 0.993. The molecule has 6 N–H and O–H groups in total. The molecule has 5 amide bonds. The average Bonchev–Trinajstić information content (AvgIpc) is 3.49. The second-order valence-electron chi connectivity index (χ2n) is 17.4. The molecular formula is C48H59F4N9O9. The maximum Gasteiger partial charge on any atom is 0.407 e. The number of aromatic nitrogens is 1. The third kappa shape index (κ3) is 16.3. The Hall–Kier alpha value is -7.10. The van der Waals surface area contributed by atoms with Crippen LogP contribution >= 0.6 is 0 Å². The Morgan fingerprint density at radius 3 is 2.24 bits per heavy atom. The predicted octanol–water partition coefficient (Wildman–Crippen LogP) is 5.67. The van der Waals surface area contributed by atoms with Gasteiger partial charge in [0.2, 0.25) is 35.1 Å². The molecule has 378 valence electrons. The van der Waals surface area contributed by atoms with E-state index >= 15 is 0 Å². The van der Waals surface area contributed by atoms with Gasteiger partial charge in [-0.15, -0.1) is 0 Å². The summed E-state index contributed by atoms with van der Waals surface area (Å²) in [6, 6.07) is 8.48. The van der Waals surface area contributed by atoms with Gasteiger partial charge in [0.15, 0.2) is 11.6 Å². The Morgan fingerprint density at radius 1 is 0.871 bits per heavy atom. The molecule has 2 aliphatic rings. The molecule has 5 rings (SSSR count). The Kier molecular flexibility index (Phi) is 19.6. The number of alkyl carbamates (subject to hydrolysis) is 1. The van der Waals surface area contributed by atoms with E-state index in [2.05, 4.69) is 36.0 Å². The van der Waals surface area contributed by atoms with E-state index in [1.807, 2.05) is 11.8 Å². The lowest BCUT2D eigenvalue weighted by Gasteiger charge is -2.32. The molecule has 22 heteroatoms. The Morgan fingerprint density at radius 2 is 1.57 bits per heavy atom. The van der Waals surface area contributed by atoms with Gasteiger partial charge in [0.05, 0.1) is 37.2 Å². The van der Waals surface area contributed by atoms with E-state index in [9.17, 15) is 46.3 Å². The minimum absolute atomic E-state index is 0.0138. The summed E-state index contributed by atoms with van der Waals surface area (Å²) >= 11 is 0. The highest BCUT2D eigenvalue weighted by Gasteiger charge is 2.27. The second-order valence-corrected chi connectivity index (χ2v) is 17.4. The van der Waals surface area contributed by atoms with Gasteiger partial charge in [-0.1, -0.05) is 13.0 Å². The molecule has 1 fully saturated rings. The first kappa shape index (κ1) is 53.8. The van der Waals surface area contributed by atoms with Crippen molar-refractivity contribution in [2.24, 2.45) is 16.6 Å². The van der Waals surface area contributed by atoms with E-state index in [0.29, 0.717) is 85.9 Å². The number of aliphatic imine (C=N–C) groups is 1. The number of carbonyl (C=O) groups is 6. The molecule has 2 aliphatic heterocycles. The van der Waals surface area contributed by atoms with Crippen molar-refractivity contribution in [3.63, 3.8) is 0 Å². The van der Waals surface area contributed by atoms with Crippen LogP contribution in [0.4, 0.5) is 39.5 Å². The first-order chi connectivity index (χ1) is 33.3. The van der Waals surface area contributed by atoms with Gasteiger partial charge in [0, 0.05) is 87.3 Å². The number of nitrogens with one attached hydrogen (secondary N) is 4. The lowest BCUT2D eigenvalue weighted by atomic mass is 9.96. The number of esters is 1. The van der Waals surface area contributed by atoms with Gasteiger partial charge in [0.25, 0.3) is 5.91 Å². The monoisotopic (exact) mass is 981 g/mol. The van der Waals surface area contributed by atoms with E-state index in [4.69, 9.17) is 15.2 Å². The van der Waals surface area contributed by atoms with E-state index in [1.165, 1.54) is 0 Å². The van der Waals surface area contributed by atoms with Crippen molar-refractivity contribution in [3.8, 4) is 5.75 Å². The van der Waals surface area contributed by atoms with E-state index in [0.717, 1.165) is 6.42 Å². The Labute approximate surface area is 402 Å². The molecule has 0 radical (unpaired) electrons. The number of anilines is 2. The van der Waals surface area contributed by atoms with Crippen LogP contribution in [-0.4, -0.2) is 116 Å². The highest BCUT2D eigenvalue weighted by molar-refractivity contribution is 6.08. The quantitative estimate of drug-likeness (QED) is 0.0286. The number of ether oxygens (including phenoxy) is 3. The van der Waals surface area contributed by atoms with Gasteiger partial charge in [-0.2, -0.15) is 8.78 Å². The summed E-state index contributed by atoms with van der Waals surface area (Å²) in [7, 11) is 0. The fourth-order valence-electron chi connectivity index (χ4n) is 7.30. The third-order valence-electron chi connectivity index (χ3n) is 10.7. The molecule has 1 saturated heterocycles. The summed E-state index contributed by atoms with van der Waals surface area (Å²) in [4.78, 5) is 88.8. The molecule has 0 atom stereocenters. The zero-order valence-corrected chi connectivity index (χ0v) is 39.6. The molecule has 0 spiro atoms. The summed E-state index contributed by atoms with van der Waals surface area (Å²) in [6.07, 6.45) is 4.69. The lowest BCUT2D eigenvalue weighted by molar-refractivity contribution is -0.136. The number of fused-ring (bicyclic) bond motifs is 1. The number of hydrogen-bond acceptors (Lipinski definition) is 13. The van der Waals surface area contributed by atoms with Crippen molar-refractivity contribution in [2.45, 2.75) is 78.2 Å². The number of nitrogens with two attached hydrogens (primary N) is 1. The minimum atomic E-state index is -1.85. The lowest BCUT2D eigenvalue weighted by Crippen LogP contribution is -2.42. The van der Waals surface area contributed by atoms with E-state index in [1.54, 1.807) is 68.3 Å². The molecule has 1 aromatic heterocycles. The third-order valence-corrected chi connectivity index (χ3v) is 10.7. The zero-order valence-electron chi connectivity index (χ0n) is 39.6. The molecule has 0 bridgehead atoms. The van der Waals surface area contributed by atoms with E-state index in [-0.39, 0.29) is 68.8 Å². The fourth-order valence-corrected chi connectivity index (χ4v) is 7.30.